The van der Waals surface area contributed by atoms with Gasteiger partial charge in [-0.05, 0) is 37.3 Å². The minimum Gasteiger partial charge on any atom is -0.311 e. The summed E-state index contributed by atoms with van der Waals surface area (Å²) in [5, 5.41) is 4.42. The van der Waals surface area contributed by atoms with E-state index in [4.69, 9.17) is 0 Å². The average Bonchev–Trinajstić information content (AvgIpc) is 2.78. The normalized spacial score (nSPS) is 17.1. The van der Waals surface area contributed by atoms with Crippen molar-refractivity contribution in [1.29, 1.82) is 0 Å². The van der Waals surface area contributed by atoms with Crippen LogP contribution in [-0.2, 0) is 30.7 Å². The first-order valence-corrected chi connectivity index (χ1v) is 8.79. The van der Waals surface area contributed by atoms with Crippen molar-refractivity contribution in [2.75, 3.05) is 11.4 Å². The number of amides is 1. The van der Waals surface area contributed by atoms with Crippen LogP contribution in [0.5, 0.6) is 0 Å². The van der Waals surface area contributed by atoms with Crippen molar-refractivity contribution in [3.63, 3.8) is 0 Å². The largest absolute Gasteiger partial charge is 0.346 e. The van der Waals surface area contributed by atoms with E-state index in [1.165, 1.54) is 10.2 Å². The van der Waals surface area contributed by atoms with Crippen molar-refractivity contribution in [3.8, 4) is 0 Å². The van der Waals surface area contributed by atoms with Crippen LogP contribution in [0.3, 0.4) is 0 Å². The second-order valence-electron chi connectivity index (χ2n) is 6.60. The molecule has 0 saturated carbocycles. The Morgan fingerprint density at radius 2 is 1.92 bits per heavy atom. The first-order chi connectivity index (χ1) is 11.7. The number of para-hydroxylation sites is 1. The predicted octanol–water partition coefficient (Wildman–Crippen LogP) is 1.75. The molecule has 6 nitrogen and oxygen atoms in total. The maximum atomic E-state index is 12.8. The standard InChI is InChI=1S/C18H22N4O2/c23-17(20-12-6-8-14-7-3-4-9-15(14)20)13-22-18(24)21-11-5-1-2-10-16(21)19-22/h3-4,7,9H,1-2,5-6,8,10-13H2. The first-order valence-electron chi connectivity index (χ1n) is 8.79. The quantitative estimate of drug-likeness (QED) is 0.845. The second-order valence-corrected chi connectivity index (χ2v) is 6.60. The van der Waals surface area contributed by atoms with Crippen molar-refractivity contribution in [2.45, 2.75) is 51.6 Å². The highest BCUT2D eigenvalue weighted by molar-refractivity contribution is 5.94. The van der Waals surface area contributed by atoms with E-state index >= 15 is 0 Å². The van der Waals surface area contributed by atoms with Gasteiger partial charge in [0, 0.05) is 25.2 Å². The van der Waals surface area contributed by atoms with Gasteiger partial charge in [0.15, 0.2) is 0 Å². The van der Waals surface area contributed by atoms with Crippen LogP contribution in [0, 0.1) is 0 Å². The van der Waals surface area contributed by atoms with Crippen LogP contribution in [0.25, 0.3) is 0 Å². The number of aryl methyl sites for hydroxylation is 2. The summed E-state index contributed by atoms with van der Waals surface area (Å²) in [4.78, 5) is 27.1. The van der Waals surface area contributed by atoms with Gasteiger partial charge in [0.25, 0.3) is 0 Å². The molecule has 0 aliphatic carbocycles. The zero-order valence-electron chi connectivity index (χ0n) is 13.8. The number of hydrogen-bond donors (Lipinski definition) is 0. The van der Waals surface area contributed by atoms with Gasteiger partial charge in [0.05, 0.1) is 0 Å². The number of fused-ring (bicyclic) bond motifs is 2. The molecule has 0 unspecified atom stereocenters. The molecule has 1 amide bonds. The maximum Gasteiger partial charge on any atom is 0.346 e. The molecule has 0 fully saturated rings. The Bertz CT molecular complexity index is 821. The van der Waals surface area contributed by atoms with Crippen molar-refractivity contribution in [1.82, 2.24) is 14.3 Å². The lowest BCUT2D eigenvalue weighted by atomic mass is 10.0. The van der Waals surface area contributed by atoms with Crippen molar-refractivity contribution in [2.24, 2.45) is 0 Å². The molecule has 0 radical (unpaired) electrons. The predicted molar refractivity (Wildman–Crippen MR) is 91.2 cm³/mol. The number of benzene rings is 1. The molecule has 0 saturated heterocycles. The summed E-state index contributed by atoms with van der Waals surface area (Å²) in [5.41, 5.74) is 2.03. The summed E-state index contributed by atoms with van der Waals surface area (Å²) in [7, 11) is 0. The summed E-state index contributed by atoms with van der Waals surface area (Å²) in [6, 6.07) is 8.01. The smallest absolute Gasteiger partial charge is 0.311 e. The van der Waals surface area contributed by atoms with E-state index in [-0.39, 0.29) is 18.1 Å². The van der Waals surface area contributed by atoms with E-state index in [0.29, 0.717) is 6.54 Å². The molecule has 1 aromatic heterocycles. The number of hydrogen-bond acceptors (Lipinski definition) is 3. The van der Waals surface area contributed by atoms with E-state index in [9.17, 15) is 9.59 Å². The van der Waals surface area contributed by atoms with Gasteiger partial charge in [-0.1, -0.05) is 24.6 Å². The Labute approximate surface area is 140 Å². The molecule has 126 valence electrons. The monoisotopic (exact) mass is 326 g/mol. The molecular formula is C18H22N4O2. The molecule has 2 aliphatic heterocycles. The van der Waals surface area contributed by atoms with Crippen LogP contribution >= 0.6 is 0 Å². The first kappa shape index (κ1) is 15.2. The van der Waals surface area contributed by atoms with Crippen molar-refractivity contribution in [3.05, 3.63) is 46.1 Å². The molecule has 3 heterocycles. The van der Waals surface area contributed by atoms with Crippen LogP contribution in [0.1, 0.15) is 37.1 Å². The van der Waals surface area contributed by atoms with E-state index in [1.807, 2.05) is 18.2 Å². The van der Waals surface area contributed by atoms with E-state index in [1.54, 1.807) is 9.47 Å². The molecule has 6 heteroatoms. The molecule has 4 rings (SSSR count). The molecular weight excluding hydrogens is 304 g/mol. The molecule has 0 bridgehead atoms. The number of anilines is 1. The average molecular weight is 326 g/mol. The number of rotatable bonds is 2. The van der Waals surface area contributed by atoms with E-state index in [0.717, 1.165) is 56.6 Å². The summed E-state index contributed by atoms with van der Waals surface area (Å²) >= 11 is 0. The van der Waals surface area contributed by atoms with Gasteiger partial charge in [0.1, 0.15) is 12.4 Å². The Morgan fingerprint density at radius 3 is 2.83 bits per heavy atom. The third-order valence-corrected chi connectivity index (χ3v) is 4.98. The van der Waals surface area contributed by atoms with Crippen LogP contribution in [0.2, 0.25) is 0 Å². The number of aromatic nitrogens is 3. The number of carbonyl (C=O) groups excluding carboxylic acids is 1. The second kappa shape index (κ2) is 6.26. The Kier molecular flexibility index (Phi) is 3.96. The fraction of sp³-hybridized carbons (Fsp3) is 0.500. The highest BCUT2D eigenvalue weighted by atomic mass is 16.2. The molecule has 0 N–H and O–H groups in total. The highest BCUT2D eigenvalue weighted by Crippen LogP contribution is 2.26. The lowest BCUT2D eigenvalue weighted by Gasteiger charge is -2.29. The van der Waals surface area contributed by atoms with Gasteiger partial charge in [-0.3, -0.25) is 9.36 Å². The molecule has 24 heavy (non-hydrogen) atoms. The highest BCUT2D eigenvalue weighted by Gasteiger charge is 2.24. The third kappa shape index (κ3) is 2.66. The minimum atomic E-state index is -0.148. The van der Waals surface area contributed by atoms with Gasteiger partial charge >= 0.3 is 5.69 Å². The van der Waals surface area contributed by atoms with Crippen LogP contribution in [0.15, 0.2) is 29.1 Å². The maximum absolute atomic E-state index is 12.8. The van der Waals surface area contributed by atoms with Gasteiger partial charge in [-0.2, -0.15) is 5.10 Å². The zero-order valence-corrected chi connectivity index (χ0v) is 13.8. The van der Waals surface area contributed by atoms with Crippen LogP contribution in [-0.4, -0.2) is 26.8 Å². The molecule has 2 aromatic rings. The molecule has 0 atom stereocenters. The summed E-state index contributed by atoms with van der Waals surface area (Å²) in [6.07, 6.45) is 5.97. The fourth-order valence-electron chi connectivity index (χ4n) is 3.73. The Morgan fingerprint density at radius 1 is 1.04 bits per heavy atom. The Balaban J connectivity index is 1.59. The zero-order chi connectivity index (χ0) is 16.5. The third-order valence-electron chi connectivity index (χ3n) is 4.98. The van der Waals surface area contributed by atoms with Gasteiger partial charge in [0.2, 0.25) is 5.91 Å². The van der Waals surface area contributed by atoms with Crippen LogP contribution in [0.4, 0.5) is 5.69 Å². The lowest BCUT2D eigenvalue weighted by molar-refractivity contribution is -0.119. The summed E-state index contributed by atoms with van der Waals surface area (Å²) in [5.74, 6) is 0.766. The van der Waals surface area contributed by atoms with Gasteiger partial charge in [-0.15, -0.1) is 0 Å². The van der Waals surface area contributed by atoms with Gasteiger partial charge in [-0.25, -0.2) is 9.48 Å². The molecule has 1 aromatic carbocycles. The van der Waals surface area contributed by atoms with Gasteiger partial charge < -0.3 is 4.90 Å². The number of nitrogens with zero attached hydrogens (tertiary/aromatic N) is 4. The van der Waals surface area contributed by atoms with Crippen molar-refractivity contribution >= 4 is 11.6 Å². The SMILES string of the molecule is O=C(Cn1nc2n(c1=O)CCCCC2)N1CCCc2ccccc21. The molecule has 2 aliphatic rings. The van der Waals surface area contributed by atoms with Crippen LogP contribution < -0.4 is 10.6 Å². The van der Waals surface area contributed by atoms with Crippen molar-refractivity contribution < 1.29 is 4.79 Å². The fourth-order valence-corrected chi connectivity index (χ4v) is 3.73. The van der Waals surface area contributed by atoms with E-state index < -0.39 is 0 Å². The topological polar surface area (TPSA) is 60.1 Å². The lowest BCUT2D eigenvalue weighted by Crippen LogP contribution is -2.40. The minimum absolute atomic E-state index is 0.0210. The summed E-state index contributed by atoms with van der Waals surface area (Å²) in [6.45, 7) is 1.44. The molecule has 0 spiro atoms. The van der Waals surface area contributed by atoms with E-state index in [2.05, 4.69) is 11.2 Å². The Hall–Kier alpha value is -2.37. The number of carbonyl (C=O) groups is 1. The summed E-state index contributed by atoms with van der Waals surface area (Å²) < 4.78 is 3.09.